The molecular formula is C21H27N3OS. The van der Waals surface area contributed by atoms with E-state index in [1.54, 1.807) is 0 Å². The second kappa shape index (κ2) is 9.12. The van der Waals surface area contributed by atoms with Crippen LogP contribution < -0.4 is 10.6 Å². The van der Waals surface area contributed by atoms with Crippen molar-refractivity contribution in [3.05, 3.63) is 65.7 Å². The van der Waals surface area contributed by atoms with Crippen LogP contribution in [0, 0.1) is 6.92 Å². The lowest BCUT2D eigenvalue weighted by Gasteiger charge is -2.38. The van der Waals surface area contributed by atoms with E-state index < -0.39 is 0 Å². The van der Waals surface area contributed by atoms with Gasteiger partial charge in [0.25, 0.3) is 0 Å². The molecule has 2 aromatic carbocycles. The van der Waals surface area contributed by atoms with E-state index in [0.717, 1.165) is 32.0 Å². The van der Waals surface area contributed by atoms with E-state index >= 15 is 0 Å². The van der Waals surface area contributed by atoms with Crippen LogP contribution in [0.2, 0.25) is 0 Å². The molecule has 2 N–H and O–H groups in total. The molecule has 0 aromatic heterocycles. The van der Waals surface area contributed by atoms with E-state index in [4.69, 9.17) is 17.0 Å². The monoisotopic (exact) mass is 369 g/mol. The van der Waals surface area contributed by atoms with Gasteiger partial charge in [-0.25, -0.2) is 0 Å². The van der Waals surface area contributed by atoms with Gasteiger partial charge < -0.3 is 15.4 Å². The van der Waals surface area contributed by atoms with Crippen LogP contribution in [0.15, 0.2) is 54.6 Å². The van der Waals surface area contributed by atoms with Gasteiger partial charge in [-0.15, -0.1) is 0 Å². The van der Waals surface area contributed by atoms with E-state index in [2.05, 4.69) is 65.8 Å². The third-order valence-electron chi connectivity index (χ3n) is 4.81. The molecule has 3 rings (SSSR count). The molecule has 2 aromatic rings. The quantitative estimate of drug-likeness (QED) is 0.785. The smallest absolute Gasteiger partial charge is 0.171 e. The van der Waals surface area contributed by atoms with Crippen LogP contribution in [0.4, 0.5) is 5.69 Å². The molecule has 5 heteroatoms. The average molecular weight is 370 g/mol. The van der Waals surface area contributed by atoms with Crippen molar-refractivity contribution >= 4 is 23.0 Å². The summed E-state index contributed by atoms with van der Waals surface area (Å²) in [6, 6.07) is 19.2. The van der Waals surface area contributed by atoms with Gasteiger partial charge in [0.15, 0.2) is 5.11 Å². The van der Waals surface area contributed by atoms with Gasteiger partial charge in [-0.2, -0.15) is 0 Å². The first-order chi connectivity index (χ1) is 12.6. The van der Waals surface area contributed by atoms with Gasteiger partial charge >= 0.3 is 0 Å². The summed E-state index contributed by atoms with van der Waals surface area (Å²) in [5.74, 6) is 0. The lowest BCUT2D eigenvalue weighted by atomic mass is 9.98. The fourth-order valence-electron chi connectivity index (χ4n) is 3.48. The number of aryl methyl sites for hydroxylation is 1. The molecule has 1 aliphatic rings. The van der Waals surface area contributed by atoms with Gasteiger partial charge in [-0.1, -0.05) is 48.5 Å². The van der Waals surface area contributed by atoms with Crippen LogP contribution in [0.3, 0.4) is 0 Å². The Kier molecular flexibility index (Phi) is 6.61. The Bertz CT molecular complexity index is 716. The van der Waals surface area contributed by atoms with Crippen molar-refractivity contribution in [2.75, 3.05) is 31.6 Å². The predicted octanol–water partition coefficient (Wildman–Crippen LogP) is 3.74. The Labute approximate surface area is 161 Å². The van der Waals surface area contributed by atoms with Gasteiger partial charge in [0.2, 0.25) is 0 Å². The normalized spacial score (nSPS) is 17.3. The molecule has 0 radical (unpaired) electrons. The molecule has 1 heterocycles. The van der Waals surface area contributed by atoms with Crippen molar-refractivity contribution in [1.82, 2.24) is 10.2 Å². The van der Waals surface area contributed by atoms with Gasteiger partial charge in [-0.3, -0.25) is 4.90 Å². The van der Waals surface area contributed by atoms with Crippen LogP contribution in [-0.2, 0) is 4.74 Å². The summed E-state index contributed by atoms with van der Waals surface area (Å²) in [6.07, 6.45) is 0. The number of hydrogen-bond acceptors (Lipinski definition) is 3. The van der Waals surface area contributed by atoms with Crippen molar-refractivity contribution in [2.45, 2.75) is 25.9 Å². The summed E-state index contributed by atoms with van der Waals surface area (Å²) in [6.45, 7) is 7.70. The molecular weight excluding hydrogens is 342 g/mol. The maximum atomic E-state index is 5.58. The first kappa shape index (κ1) is 18.8. The van der Waals surface area contributed by atoms with Crippen LogP contribution in [0.1, 0.15) is 24.1 Å². The summed E-state index contributed by atoms with van der Waals surface area (Å²) < 4.78 is 5.54. The zero-order valence-corrected chi connectivity index (χ0v) is 16.3. The number of thiocarbonyl (C=S) groups is 1. The van der Waals surface area contributed by atoms with Crippen LogP contribution >= 0.6 is 12.2 Å². The van der Waals surface area contributed by atoms with Gasteiger partial charge in [-0.05, 0) is 43.3 Å². The lowest BCUT2D eigenvalue weighted by molar-refractivity contribution is 0.0102. The molecule has 1 fully saturated rings. The maximum Gasteiger partial charge on any atom is 0.171 e. The summed E-state index contributed by atoms with van der Waals surface area (Å²) in [7, 11) is 0. The summed E-state index contributed by atoms with van der Waals surface area (Å²) >= 11 is 5.58. The minimum atomic E-state index is 0.166. The maximum absolute atomic E-state index is 5.58. The zero-order chi connectivity index (χ0) is 18.4. The molecule has 0 spiro atoms. The summed E-state index contributed by atoms with van der Waals surface area (Å²) in [4.78, 5) is 2.48. The van der Waals surface area contributed by atoms with Crippen molar-refractivity contribution in [3.63, 3.8) is 0 Å². The van der Waals surface area contributed by atoms with E-state index in [1.807, 2.05) is 18.2 Å². The van der Waals surface area contributed by atoms with Crippen molar-refractivity contribution in [1.29, 1.82) is 0 Å². The topological polar surface area (TPSA) is 36.5 Å². The largest absolute Gasteiger partial charge is 0.379 e. The number of rotatable bonds is 5. The lowest BCUT2D eigenvalue weighted by Crippen LogP contribution is -2.49. The highest BCUT2D eigenvalue weighted by molar-refractivity contribution is 7.80. The molecule has 1 aliphatic heterocycles. The third kappa shape index (κ3) is 4.81. The number of nitrogens with one attached hydrogen (secondary N) is 2. The van der Waals surface area contributed by atoms with Gasteiger partial charge in [0.1, 0.15) is 0 Å². The number of ether oxygens (including phenoxy) is 1. The predicted molar refractivity (Wildman–Crippen MR) is 112 cm³/mol. The fraction of sp³-hybridized carbons (Fsp3) is 0.381. The third-order valence-corrected chi connectivity index (χ3v) is 5.03. The standard InChI is InChI=1S/C21H27N3OS/c1-16-8-6-7-11-19(16)23-21(26)22-17(2)20(18-9-4-3-5-10-18)24-12-14-25-15-13-24/h3-11,17,20H,12-15H2,1-2H3,(H2,22,23,26)/t17-,20+/m1/s1. The minimum absolute atomic E-state index is 0.166. The molecule has 26 heavy (non-hydrogen) atoms. The van der Waals surface area contributed by atoms with E-state index in [0.29, 0.717) is 5.11 Å². The fourth-order valence-corrected chi connectivity index (χ4v) is 3.77. The summed E-state index contributed by atoms with van der Waals surface area (Å²) in [5, 5.41) is 7.47. The molecule has 0 aliphatic carbocycles. The second-order valence-electron chi connectivity index (χ2n) is 6.71. The number of para-hydroxylation sites is 1. The van der Waals surface area contributed by atoms with Crippen molar-refractivity contribution in [2.24, 2.45) is 0 Å². The molecule has 2 atom stereocenters. The first-order valence-corrected chi connectivity index (χ1v) is 9.56. The zero-order valence-electron chi connectivity index (χ0n) is 15.4. The van der Waals surface area contributed by atoms with Gasteiger partial charge in [0, 0.05) is 24.8 Å². The van der Waals surface area contributed by atoms with Crippen LogP contribution in [0.5, 0.6) is 0 Å². The van der Waals surface area contributed by atoms with Crippen LogP contribution in [0.25, 0.3) is 0 Å². The highest BCUT2D eigenvalue weighted by Crippen LogP contribution is 2.25. The molecule has 0 bridgehead atoms. The first-order valence-electron chi connectivity index (χ1n) is 9.15. The highest BCUT2D eigenvalue weighted by atomic mass is 32.1. The Morgan fingerprint density at radius 1 is 1.04 bits per heavy atom. The Morgan fingerprint density at radius 3 is 2.38 bits per heavy atom. The number of anilines is 1. The van der Waals surface area contributed by atoms with E-state index in [-0.39, 0.29) is 12.1 Å². The molecule has 1 saturated heterocycles. The van der Waals surface area contributed by atoms with Crippen molar-refractivity contribution < 1.29 is 4.74 Å². The second-order valence-corrected chi connectivity index (χ2v) is 7.11. The van der Waals surface area contributed by atoms with Crippen LogP contribution in [-0.4, -0.2) is 42.4 Å². The SMILES string of the molecule is Cc1ccccc1NC(=S)N[C@H](C)[C@@H](c1ccccc1)N1CCOCC1. The average Bonchev–Trinajstić information content (AvgIpc) is 2.65. The number of hydrogen-bond donors (Lipinski definition) is 2. The molecule has 0 saturated carbocycles. The van der Waals surface area contributed by atoms with Gasteiger partial charge in [0.05, 0.1) is 19.3 Å². The molecule has 0 amide bonds. The molecule has 138 valence electrons. The Balaban J connectivity index is 1.71. The van der Waals surface area contributed by atoms with E-state index in [9.17, 15) is 0 Å². The van der Waals surface area contributed by atoms with Crippen molar-refractivity contribution in [3.8, 4) is 0 Å². The molecule has 0 unspecified atom stereocenters. The number of benzene rings is 2. The Morgan fingerprint density at radius 2 is 1.69 bits per heavy atom. The minimum Gasteiger partial charge on any atom is -0.379 e. The summed E-state index contributed by atoms with van der Waals surface area (Å²) in [5.41, 5.74) is 3.52. The number of morpholine rings is 1. The highest BCUT2D eigenvalue weighted by Gasteiger charge is 2.28. The van der Waals surface area contributed by atoms with E-state index in [1.165, 1.54) is 11.1 Å². The Hall–Kier alpha value is -1.95. The molecule has 4 nitrogen and oxygen atoms in total. The number of nitrogens with zero attached hydrogens (tertiary/aromatic N) is 1.